The third kappa shape index (κ3) is 3.45. The predicted molar refractivity (Wildman–Crippen MR) is 74.7 cm³/mol. The molecule has 2 rings (SSSR count). The molecule has 1 atom stereocenters. The van der Waals surface area contributed by atoms with E-state index in [0.717, 1.165) is 18.7 Å². The van der Waals surface area contributed by atoms with Crippen molar-refractivity contribution in [2.45, 2.75) is 25.4 Å². The van der Waals surface area contributed by atoms with Gasteiger partial charge in [-0.15, -0.1) is 12.4 Å². The fourth-order valence-electron chi connectivity index (χ4n) is 2.43. The molecule has 1 unspecified atom stereocenters. The second-order valence-electron chi connectivity index (χ2n) is 4.57. The summed E-state index contributed by atoms with van der Waals surface area (Å²) in [6.45, 7) is 2.64. The lowest BCUT2D eigenvalue weighted by Gasteiger charge is -2.23. The fraction of sp³-hybridized carbons (Fsp3) is 0.462. The van der Waals surface area contributed by atoms with E-state index in [4.69, 9.17) is 11.5 Å². The zero-order chi connectivity index (χ0) is 12.3. The lowest BCUT2D eigenvalue weighted by Crippen LogP contribution is -2.34. The molecular formula is C13H20ClN3O. The first kappa shape index (κ1) is 15.0. The molecule has 4 N–H and O–H groups in total. The number of carbonyl (C=O) groups excluding carboxylic acids is 1. The van der Waals surface area contributed by atoms with Crippen molar-refractivity contribution in [1.29, 1.82) is 0 Å². The van der Waals surface area contributed by atoms with Gasteiger partial charge >= 0.3 is 0 Å². The number of likely N-dealkylation sites (tertiary alicyclic amines) is 1. The van der Waals surface area contributed by atoms with Crippen molar-refractivity contribution in [1.82, 2.24) is 4.90 Å². The lowest BCUT2D eigenvalue weighted by atomic mass is 10.1. The number of nitrogens with zero attached hydrogens (tertiary/aromatic N) is 1. The van der Waals surface area contributed by atoms with Crippen LogP contribution in [0, 0.1) is 0 Å². The van der Waals surface area contributed by atoms with E-state index < -0.39 is 0 Å². The summed E-state index contributed by atoms with van der Waals surface area (Å²) in [6.07, 6.45) is 2.38. The molecule has 4 nitrogen and oxygen atoms in total. The van der Waals surface area contributed by atoms with Crippen molar-refractivity contribution in [2.75, 3.05) is 13.1 Å². The van der Waals surface area contributed by atoms with Gasteiger partial charge in [0, 0.05) is 24.7 Å². The molecule has 0 saturated carbocycles. The monoisotopic (exact) mass is 269 g/mol. The quantitative estimate of drug-likeness (QED) is 0.861. The average molecular weight is 270 g/mol. The summed E-state index contributed by atoms with van der Waals surface area (Å²) in [5, 5.41) is 0. The van der Waals surface area contributed by atoms with Gasteiger partial charge in [0.25, 0.3) is 0 Å². The molecule has 18 heavy (non-hydrogen) atoms. The minimum absolute atomic E-state index is 0. The molecule has 1 aromatic carbocycles. The van der Waals surface area contributed by atoms with Crippen molar-refractivity contribution in [3.63, 3.8) is 0 Å². The number of primary amides is 1. The predicted octanol–water partition coefficient (Wildman–Crippen LogP) is 1.13. The third-order valence-corrected chi connectivity index (χ3v) is 3.37. The van der Waals surface area contributed by atoms with Gasteiger partial charge in [0.15, 0.2) is 0 Å². The average Bonchev–Trinajstić information content (AvgIpc) is 2.76. The van der Waals surface area contributed by atoms with Gasteiger partial charge in [-0.1, -0.05) is 12.1 Å². The van der Waals surface area contributed by atoms with Crippen LogP contribution >= 0.6 is 12.4 Å². The second kappa shape index (κ2) is 6.73. The first-order valence-electron chi connectivity index (χ1n) is 6.03. The molecule has 5 heteroatoms. The summed E-state index contributed by atoms with van der Waals surface area (Å²) < 4.78 is 0. The topological polar surface area (TPSA) is 72.3 Å². The molecular weight excluding hydrogens is 250 g/mol. The lowest BCUT2D eigenvalue weighted by molar-refractivity contribution is 0.1000. The van der Waals surface area contributed by atoms with Crippen molar-refractivity contribution in [3.8, 4) is 0 Å². The molecule has 1 aliphatic rings. The number of benzene rings is 1. The Hall–Kier alpha value is -1.10. The first-order chi connectivity index (χ1) is 8.20. The summed E-state index contributed by atoms with van der Waals surface area (Å²) in [7, 11) is 0. The Morgan fingerprint density at radius 2 is 2.22 bits per heavy atom. The molecule has 1 amide bonds. The van der Waals surface area contributed by atoms with Gasteiger partial charge in [-0.25, -0.2) is 0 Å². The van der Waals surface area contributed by atoms with Crippen LogP contribution in [0.4, 0.5) is 0 Å². The Bertz CT molecular complexity index is 411. The van der Waals surface area contributed by atoms with Crippen LogP contribution < -0.4 is 11.5 Å². The Morgan fingerprint density at radius 3 is 2.89 bits per heavy atom. The van der Waals surface area contributed by atoms with Crippen LogP contribution in [-0.2, 0) is 6.54 Å². The highest BCUT2D eigenvalue weighted by atomic mass is 35.5. The van der Waals surface area contributed by atoms with E-state index >= 15 is 0 Å². The smallest absolute Gasteiger partial charge is 0.248 e. The normalized spacial score (nSPS) is 19.5. The zero-order valence-corrected chi connectivity index (χ0v) is 11.2. The SMILES string of the molecule is Cl.NCC1CCCN1Cc1cccc(C(N)=O)c1. The van der Waals surface area contributed by atoms with E-state index in [-0.39, 0.29) is 18.3 Å². The molecule has 1 heterocycles. The van der Waals surface area contributed by atoms with Crippen LogP contribution in [0.15, 0.2) is 24.3 Å². The van der Waals surface area contributed by atoms with Gasteiger partial charge in [-0.3, -0.25) is 9.69 Å². The summed E-state index contributed by atoms with van der Waals surface area (Å²) in [4.78, 5) is 13.5. The number of hydrogen-bond acceptors (Lipinski definition) is 3. The number of hydrogen-bond donors (Lipinski definition) is 2. The van der Waals surface area contributed by atoms with Crippen molar-refractivity contribution in [3.05, 3.63) is 35.4 Å². The number of halogens is 1. The highest BCUT2D eigenvalue weighted by molar-refractivity contribution is 5.92. The van der Waals surface area contributed by atoms with E-state index in [2.05, 4.69) is 4.90 Å². The molecule has 1 aliphatic heterocycles. The highest BCUT2D eigenvalue weighted by Gasteiger charge is 2.22. The van der Waals surface area contributed by atoms with Gasteiger partial charge in [0.05, 0.1) is 0 Å². The van der Waals surface area contributed by atoms with Crippen LogP contribution in [0.5, 0.6) is 0 Å². The van der Waals surface area contributed by atoms with Crippen molar-refractivity contribution >= 4 is 18.3 Å². The Labute approximate surface area is 114 Å². The van der Waals surface area contributed by atoms with E-state index in [0.29, 0.717) is 18.2 Å². The maximum absolute atomic E-state index is 11.1. The Kier molecular flexibility index (Phi) is 5.59. The van der Waals surface area contributed by atoms with Gasteiger partial charge in [-0.05, 0) is 37.1 Å². The first-order valence-corrected chi connectivity index (χ1v) is 6.03. The molecule has 0 spiro atoms. The molecule has 0 aromatic heterocycles. The molecule has 100 valence electrons. The molecule has 1 aromatic rings. The van der Waals surface area contributed by atoms with Crippen LogP contribution in [-0.4, -0.2) is 29.9 Å². The number of rotatable bonds is 4. The van der Waals surface area contributed by atoms with Crippen LogP contribution in [0.3, 0.4) is 0 Å². The highest BCUT2D eigenvalue weighted by Crippen LogP contribution is 2.19. The molecule has 0 radical (unpaired) electrons. The minimum Gasteiger partial charge on any atom is -0.366 e. The third-order valence-electron chi connectivity index (χ3n) is 3.37. The summed E-state index contributed by atoms with van der Waals surface area (Å²) in [6, 6.07) is 8.00. The van der Waals surface area contributed by atoms with Crippen LogP contribution in [0.25, 0.3) is 0 Å². The standard InChI is InChI=1S/C13H19N3O.ClH/c14-8-12-5-2-6-16(12)9-10-3-1-4-11(7-10)13(15)17;/h1,3-4,7,12H,2,5-6,8-9,14H2,(H2,15,17);1H. The number of nitrogens with two attached hydrogens (primary N) is 2. The largest absolute Gasteiger partial charge is 0.366 e. The maximum Gasteiger partial charge on any atom is 0.248 e. The summed E-state index contributed by atoms with van der Waals surface area (Å²) in [5.41, 5.74) is 12.7. The second-order valence-corrected chi connectivity index (χ2v) is 4.57. The van der Waals surface area contributed by atoms with E-state index in [1.165, 1.54) is 12.8 Å². The van der Waals surface area contributed by atoms with Gasteiger partial charge in [-0.2, -0.15) is 0 Å². The number of amides is 1. The number of carbonyl (C=O) groups is 1. The fourth-order valence-corrected chi connectivity index (χ4v) is 2.43. The minimum atomic E-state index is -0.372. The van der Waals surface area contributed by atoms with Crippen LogP contribution in [0.2, 0.25) is 0 Å². The summed E-state index contributed by atoms with van der Waals surface area (Å²) >= 11 is 0. The molecule has 1 fully saturated rings. The molecule has 1 saturated heterocycles. The van der Waals surface area contributed by atoms with Gasteiger partial charge in [0.2, 0.25) is 5.91 Å². The van der Waals surface area contributed by atoms with Crippen molar-refractivity contribution < 1.29 is 4.79 Å². The van der Waals surface area contributed by atoms with E-state index in [1.807, 2.05) is 18.2 Å². The van der Waals surface area contributed by atoms with E-state index in [1.54, 1.807) is 6.07 Å². The van der Waals surface area contributed by atoms with Crippen molar-refractivity contribution in [2.24, 2.45) is 11.5 Å². The van der Waals surface area contributed by atoms with Gasteiger partial charge < -0.3 is 11.5 Å². The molecule has 0 bridgehead atoms. The summed E-state index contributed by atoms with van der Waals surface area (Å²) in [5.74, 6) is -0.372. The maximum atomic E-state index is 11.1. The van der Waals surface area contributed by atoms with E-state index in [9.17, 15) is 4.79 Å². The zero-order valence-electron chi connectivity index (χ0n) is 10.3. The molecule has 0 aliphatic carbocycles. The Morgan fingerprint density at radius 1 is 1.44 bits per heavy atom. The van der Waals surface area contributed by atoms with Gasteiger partial charge in [0.1, 0.15) is 0 Å². The Balaban J connectivity index is 0.00000162. The van der Waals surface area contributed by atoms with Crippen LogP contribution in [0.1, 0.15) is 28.8 Å².